The van der Waals surface area contributed by atoms with Gasteiger partial charge in [-0.25, -0.2) is 9.37 Å². The summed E-state index contributed by atoms with van der Waals surface area (Å²) in [5, 5.41) is 2.79. The molecule has 0 bridgehead atoms. The highest BCUT2D eigenvalue weighted by molar-refractivity contribution is 9.10. The zero-order valence-electron chi connectivity index (χ0n) is 11.3. The fourth-order valence-corrected chi connectivity index (χ4v) is 2.15. The third-order valence-electron chi connectivity index (χ3n) is 2.83. The molecular weight excluding hydrogens is 327 g/mol. The topological polar surface area (TPSA) is 72.9 Å². The molecule has 20 heavy (non-hydrogen) atoms. The maximum absolute atomic E-state index is 13.6. The summed E-state index contributed by atoms with van der Waals surface area (Å²) in [6, 6.07) is 2.86. The van der Waals surface area contributed by atoms with E-state index >= 15 is 0 Å². The fourth-order valence-electron chi connectivity index (χ4n) is 1.82. The number of halogens is 2. The van der Waals surface area contributed by atoms with Gasteiger partial charge < -0.3 is 15.6 Å². The van der Waals surface area contributed by atoms with Gasteiger partial charge in [-0.05, 0) is 27.9 Å². The summed E-state index contributed by atoms with van der Waals surface area (Å²) >= 11 is 3.10. The summed E-state index contributed by atoms with van der Waals surface area (Å²) in [5.74, 6) is -0.0318. The van der Waals surface area contributed by atoms with Crippen LogP contribution in [0.1, 0.15) is 13.8 Å². The van der Waals surface area contributed by atoms with E-state index in [2.05, 4.69) is 26.2 Å². The molecule has 5 nitrogen and oxygen atoms in total. The molecule has 7 heteroatoms. The minimum atomic E-state index is -0.416. The summed E-state index contributed by atoms with van der Waals surface area (Å²) in [6.07, 6.45) is 0. The summed E-state index contributed by atoms with van der Waals surface area (Å²) in [7, 11) is 0. The molecule has 2 aromatic rings. The second kappa shape index (κ2) is 5.78. The van der Waals surface area contributed by atoms with Gasteiger partial charge in [-0.3, -0.25) is 4.79 Å². The smallest absolute Gasteiger partial charge is 0.240 e. The van der Waals surface area contributed by atoms with Gasteiger partial charge >= 0.3 is 0 Å². The lowest BCUT2D eigenvalue weighted by Gasteiger charge is -2.09. The van der Waals surface area contributed by atoms with Crippen LogP contribution in [0.15, 0.2) is 16.6 Å². The first kappa shape index (κ1) is 14.8. The number of rotatable bonds is 4. The quantitative estimate of drug-likeness (QED) is 0.895. The van der Waals surface area contributed by atoms with Gasteiger partial charge in [-0.15, -0.1) is 0 Å². The first-order valence-corrected chi connectivity index (χ1v) is 7.05. The molecule has 1 heterocycles. The molecule has 108 valence electrons. The van der Waals surface area contributed by atoms with Crippen molar-refractivity contribution in [3.05, 3.63) is 22.4 Å². The Morgan fingerprint density at radius 1 is 1.55 bits per heavy atom. The molecular formula is C13H16BrFN4O. The Morgan fingerprint density at radius 3 is 2.90 bits per heavy atom. The molecule has 0 saturated carbocycles. The summed E-state index contributed by atoms with van der Waals surface area (Å²) in [6.45, 7) is 4.63. The number of fused-ring (bicyclic) bond motifs is 1. The van der Waals surface area contributed by atoms with Crippen LogP contribution in [0.4, 0.5) is 10.3 Å². The number of anilines is 1. The van der Waals surface area contributed by atoms with Gasteiger partial charge in [0.2, 0.25) is 11.9 Å². The van der Waals surface area contributed by atoms with Gasteiger partial charge in [0.05, 0.1) is 15.5 Å². The molecule has 0 unspecified atom stereocenters. The van der Waals surface area contributed by atoms with Crippen molar-refractivity contribution in [1.29, 1.82) is 0 Å². The Kier molecular flexibility index (Phi) is 4.27. The molecule has 1 aromatic carbocycles. The maximum Gasteiger partial charge on any atom is 0.240 e. The molecule has 1 amide bonds. The number of nitrogens with zero attached hydrogens (tertiary/aromatic N) is 2. The van der Waals surface area contributed by atoms with Crippen LogP contribution < -0.4 is 11.1 Å². The number of carbonyl (C=O) groups is 1. The molecule has 0 fully saturated rings. The number of nitrogens with one attached hydrogen (secondary N) is 1. The number of nitrogens with two attached hydrogens (primary N) is 1. The van der Waals surface area contributed by atoms with Crippen LogP contribution >= 0.6 is 15.9 Å². The molecule has 0 saturated heterocycles. The Balaban J connectivity index is 2.27. The van der Waals surface area contributed by atoms with E-state index in [1.54, 1.807) is 6.07 Å². The highest BCUT2D eigenvalue weighted by atomic mass is 79.9. The second-order valence-electron chi connectivity index (χ2n) is 5.01. The monoisotopic (exact) mass is 342 g/mol. The molecule has 1 aromatic heterocycles. The van der Waals surface area contributed by atoms with Crippen molar-refractivity contribution < 1.29 is 9.18 Å². The Morgan fingerprint density at radius 2 is 2.25 bits per heavy atom. The standard InChI is InChI=1S/C13H16BrFN4O/c1-7(2)5-17-12(20)6-19-11-4-9(15)8(14)3-10(11)18-13(19)16/h3-4,7H,5-6H2,1-2H3,(H2,16,18)(H,17,20). The van der Waals surface area contributed by atoms with Crippen molar-refractivity contribution in [3.8, 4) is 0 Å². The van der Waals surface area contributed by atoms with E-state index in [1.807, 2.05) is 13.8 Å². The molecule has 2 rings (SSSR count). The molecule has 3 N–H and O–H groups in total. The van der Waals surface area contributed by atoms with Crippen LogP contribution in [0, 0.1) is 11.7 Å². The van der Waals surface area contributed by atoms with Crippen molar-refractivity contribution in [2.24, 2.45) is 5.92 Å². The van der Waals surface area contributed by atoms with Crippen molar-refractivity contribution in [1.82, 2.24) is 14.9 Å². The van der Waals surface area contributed by atoms with Gasteiger partial charge in [0.15, 0.2) is 0 Å². The van der Waals surface area contributed by atoms with E-state index in [4.69, 9.17) is 5.73 Å². The third-order valence-corrected chi connectivity index (χ3v) is 3.44. The van der Waals surface area contributed by atoms with E-state index < -0.39 is 5.82 Å². The van der Waals surface area contributed by atoms with Crippen molar-refractivity contribution in [2.45, 2.75) is 20.4 Å². The third kappa shape index (κ3) is 3.09. The number of hydrogen-bond donors (Lipinski definition) is 2. The zero-order chi connectivity index (χ0) is 14.9. The van der Waals surface area contributed by atoms with Gasteiger partial charge in [0, 0.05) is 12.6 Å². The molecule has 0 radical (unpaired) electrons. The van der Waals surface area contributed by atoms with E-state index in [-0.39, 0.29) is 18.4 Å². The van der Waals surface area contributed by atoms with Crippen molar-refractivity contribution in [2.75, 3.05) is 12.3 Å². The van der Waals surface area contributed by atoms with E-state index in [0.717, 1.165) is 0 Å². The second-order valence-corrected chi connectivity index (χ2v) is 5.86. The van der Waals surface area contributed by atoms with Gasteiger partial charge in [-0.1, -0.05) is 13.8 Å². The minimum Gasteiger partial charge on any atom is -0.369 e. The maximum atomic E-state index is 13.6. The average Bonchev–Trinajstić information content (AvgIpc) is 2.64. The minimum absolute atomic E-state index is 0.0239. The van der Waals surface area contributed by atoms with Crippen LogP contribution in [0.2, 0.25) is 0 Å². The molecule has 0 aliphatic heterocycles. The lowest BCUT2D eigenvalue weighted by Crippen LogP contribution is -2.30. The summed E-state index contributed by atoms with van der Waals surface area (Å²) in [4.78, 5) is 16.0. The Hall–Kier alpha value is -1.63. The Labute approximate surface area is 124 Å². The Bertz CT molecular complexity index is 653. The highest BCUT2D eigenvalue weighted by Gasteiger charge is 2.14. The van der Waals surface area contributed by atoms with Crippen LogP contribution in [0.5, 0.6) is 0 Å². The predicted octanol–water partition coefficient (Wildman–Crippen LogP) is 2.29. The predicted molar refractivity (Wildman–Crippen MR) is 79.7 cm³/mol. The first-order chi connectivity index (χ1) is 9.38. The van der Waals surface area contributed by atoms with Crippen molar-refractivity contribution in [3.63, 3.8) is 0 Å². The molecule has 0 aliphatic carbocycles. The lowest BCUT2D eigenvalue weighted by molar-refractivity contribution is -0.121. The molecule has 0 spiro atoms. The normalized spacial score (nSPS) is 11.2. The summed E-state index contributed by atoms with van der Waals surface area (Å²) < 4.78 is 15.4. The lowest BCUT2D eigenvalue weighted by atomic mass is 10.2. The average molecular weight is 343 g/mol. The van der Waals surface area contributed by atoms with Crippen LogP contribution in [-0.2, 0) is 11.3 Å². The zero-order valence-corrected chi connectivity index (χ0v) is 12.9. The van der Waals surface area contributed by atoms with E-state index in [9.17, 15) is 9.18 Å². The van der Waals surface area contributed by atoms with Crippen LogP contribution in [0.3, 0.4) is 0 Å². The highest BCUT2D eigenvalue weighted by Crippen LogP contribution is 2.24. The SMILES string of the molecule is CC(C)CNC(=O)Cn1c(N)nc2cc(Br)c(F)cc21. The van der Waals surface area contributed by atoms with Crippen LogP contribution in [-0.4, -0.2) is 22.0 Å². The number of carbonyl (C=O) groups excluding carboxylic acids is 1. The van der Waals surface area contributed by atoms with Crippen LogP contribution in [0.25, 0.3) is 11.0 Å². The fraction of sp³-hybridized carbons (Fsp3) is 0.385. The number of amides is 1. The summed E-state index contributed by atoms with van der Waals surface area (Å²) in [5.41, 5.74) is 6.84. The molecule has 0 aliphatic rings. The number of benzene rings is 1. The van der Waals surface area contributed by atoms with E-state index in [0.29, 0.717) is 28.0 Å². The molecule has 0 atom stereocenters. The van der Waals surface area contributed by atoms with Gasteiger partial charge in [0.25, 0.3) is 0 Å². The van der Waals surface area contributed by atoms with Crippen molar-refractivity contribution >= 4 is 38.8 Å². The number of imidazole rings is 1. The largest absolute Gasteiger partial charge is 0.369 e. The first-order valence-electron chi connectivity index (χ1n) is 6.26. The van der Waals surface area contributed by atoms with Gasteiger partial charge in [-0.2, -0.15) is 0 Å². The number of aromatic nitrogens is 2. The number of nitrogen functional groups attached to an aromatic ring is 1. The number of hydrogen-bond acceptors (Lipinski definition) is 3. The van der Waals surface area contributed by atoms with Gasteiger partial charge in [0.1, 0.15) is 12.4 Å². The van der Waals surface area contributed by atoms with E-state index in [1.165, 1.54) is 10.6 Å².